The maximum atomic E-state index is 11.2. The molecule has 1 heterocycles. The largest absolute Gasteiger partial charge is 0.463 e. The molecule has 0 bridgehead atoms. The summed E-state index contributed by atoms with van der Waals surface area (Å²) in [4.78, 5) is 11.2. The van der Waals surface area contributed by atoms with E-state index in [4.69, 9.17) is 9.15 Å². The molecule has 0 aliphatic rings. The third-order valence-corrected chi connectivity index (χ3v) is 2.21. The Labute approximate surface area is 98.8 Å². The molecule has 0 atom stereocenters. The fraction of sp³-hybridized carbons (Fsp3) is 0.154. The summed E-state index contributed by atoms with van der Waals surface area (Å²) in [5.74, 6) is 0.508. The van der Waals surface area contributed by atoms with E-state index in [-0.39, 0.29) is 11.7 Å². The third kappa shape index (κ3) is 2.66. The molecular formula is C13H12O4. The van der Waals surface area contributed by atoms with Crippen molar-refractivity contribution in [2.45, 2.75) is 6.92 Å². The molecule has 0 radical (unpaired) electrons. The van der Waals surface area contributed by atoms with Crippen LogP contribution in [0.5, 0.6) is 11.7 Å². The van der Waals surface area contributed by atoms with Gasteiger partial charge in [0.15, 0.2) is 0 Å². The minimum atomic E-state index is -0.524. The van der Waals surface area contributed by atoms with Gasteiger partial charge in [-0.3, -0.25) is 0 Å². The molecule has 17 heavy (non-hydrogen) atoms. The number of esters is 1. The Morgan fingerprint density at radius 3 is 2.47 bits per heavy atom. The minimum absolute atomic E-state index is 0.120. The first-order valence-corrected chi connectivity index (χ1v) is 5.12. The average Bonchev–Trinajstić information content (AvgIpc) is 2.80. The van der Waals surface area contributed by atoms with Gasteiger partial charge in [0.1, 0.15) is 5.75 Å². The number of furan rings is 1. The standard InChI is InChI=1S/C13H12O4/c1-9-3-5-10(6-4-9)16-12-8-7-11(17-12)13(14)15-2/h3-8H,1-2H3. The monoisotopic (exact) mass is 232 g/mol. The Morgan fingerprint density at radius 1 is 1.12 bits per heavy atom. The van der Waals surface area contributed by atoms with Gasteiger partial charge in [0.25, 0.3) is 5.95 Å². The van der Waals surface area contributed by atoms with Crippen LogP contribution in [0, 0.1) is 6.92 Å². The predicted octanol–water partition coefficient (Wildman–Crippen LogP) is 3.17. The first kappa shape index (κ1) is 11.3. The van der Waals surface area contributed by atoms with Crippen LogP contribution in [0.4, 0.5) is 0 Å². The lowest BCUT2D eigenvalue weighted by Crippen LogP contribution is -1.98. The predicted molar refractivity (Wildman–Crippen MR) is 61.3 cm³/mol. The van der Waals surface area contributed by atoms with E-state index in [2.05, 4.69) is 4.74 Å². The summed E-state index contributed by atoms with van der Waals surface area (Å²) in [6.45, 7) is 1.99. The van der Waals surface area contributed by atoms with Crippen LogP contribution in [0.15, 0.2) is 40.8 Å². The van der Waals surface area contributed by atoms with Gasteiger partial charge >= 0.3 is 5.97 Å². The van der Waals surface area contributed by atoms with Crippen LogP contribution in [0.1, 0.15) is 16.1 Å². The summed E-state index contributed by atoms with van der Waals surface area (Å²) in [7, 11) is 1.30. The summed E-state index contributed by atoms with van der Waals surface area (Å²) < 4.78 is 15.1. The van der Waals surface area contributed by atoms with Gasteiger partial charge < -0.3 is 13.9 Å². The van der Waals surface area contributed by atoms with Crippen molar-refractivity contribution in [3.8, 4) is 11.7 Å². The Morgan fingerprint density at radius 2 is 1.82 bits per heavy atom. The van der Waals surface area contributed by atoms with Crippen molar-refractivity contribution >= 4 is 5.97 Å². The van der Waals surface area contributed by atoms with E-state index in [1.807, 2.05) is 31.2 Å². The number of aryl methyl sites for hydroxylation is 1. The smallest absolute Gasteiger partial charge is 0.374 e. The van der Waals surface area contributed by atoms with Crippen molar-refractivity contribution in [3.05, 3.63) is 47.7 Å². The maximum absolute atomic E-state index is 11.2. The van der Waals surface area contributed by atoms with Crippen LogP contribution in [0.25, 0.3) is 0 Å². The molecule has 4 nitrogen and oxygen atoms in total. The van der Waals surface area contributed by atoms with Crippen molar-refractivity contribution < 1.29 is 18.7 Å². The fourth-order valence-electron chi connectivity index (χ4n) is 1.31. The normalized spacial score (nSPS) is 10.0. The van der Waals surface area contributed by atoms with Gasteiger partial charge in [-0.1, -0.05) is 17.7 Å². The van der Waals surface area contributed by atoms with Gasteiger partial charge in [-0.05, 0) is 25.1 Å². The van der Waals surface area contributed by atoms with Crippen LogP contribution < -0.4 is 4.74 Å². The molecule has 2 aromatic rings. The van der Waals surface area contributed by atoms with Crippen LogP contribution in [-0.4, -0.2) is 13.1 Å². The number of hydrogen-bond donors (Lipinski definition) is 0. The van der Waals surface area contributed by atoms with Crippen molar-refractivity contribution in [1.29, 1.82) is 0 Å². The van der Waals surface area contributed by atoms with Crippen molar-refractivity contribution in [1.82, 2.24) is 0 Å². The summed E-state index contributed by atoms with van der Waals surface area (Å²) in [6, 6.07) is 10.6. The lowest BCUT2D eigenvalue weighted by atomic mass is 10.2. The van der Waals surface area contributed by atoms with E-state index >= 15 is 0 Å². The molecule has 88 valence electrons. The number of hydrogen-bond acceptors (Lipinski definition) is 4. The number of carbonyl (C=O) groups excluding carboxylic acids is 1. The highest BCUT2D eigenvalue weighted by molar-refractivity contribution is 5.86. The van der Waals surface area contributed by atoms with Gasteiger partial charge in [-0.25, -0.2) is 4.79 Å². The van der Waals surface area contributed by atoms with E-state index in [1.54, 1.807) is 6.07 Å². The molecule has 0 unspecified atom stereocenters. The fourth-order valence-corrected chi connectivity index (χ4v) is 1.31. The second kappa shape index (κ2) is 4.74. The molecule has 0 N–H and O–H groups in total. The lowest BCUT2D eigenvalue weighted by Gasteiger charge is -2.01. The van der Waals surface area contributed by atoms with Crippen LogP contribution in [0.2, 0.25) is 0 Å². The minimum Gasteiger partial charge on any atom is -0.463 e. The SMILES string of the molecule is COC(=O)c1ccc(Oc2ccc(C)cc2)o1. The lowest BCUT2D eigenvalue weighted by molar-refractivity contribution is 0.0560. The molecule has 4 heteroatoms. The second-order valence-corrected chi connectivity index (χ2v) is 3.53. The molecule has 2 rings (SSSR count). The number of benzene rings is 1. The van der Waals surface area contributed by atoms with Gasteiger partial charge in [-0.15, -0.1) is 0 Å². The summed E-state index contributed by atoms with van der Waals surface area (Å²) in [5.41, 5.74) is 1.15. The van der Waals surface area contributed by atoms with Gasteiger partial charge in [0.05, 0.1) is 7.11 Å². The highest BCUT2D eigenvalue weighted by Crippen LogP contribution is 2.24. The first-order valence-electron chi connectivity index (χ1n) is 5.12. The number of rotatable bonds is 3. The van der Waals surface area contributed by atoms with Gasteiger partial charge in [0, 0.05) is 6.07 Å². The zero-order chi connectivity index (χ0) is 12.3. The molecule has 1 aromatic carbocycles. The summed E-state index contributed by atoms with van der Waals surface area (Å²) in [6.07, 6.45) is 0. The molecule has 0 aliphatic heterocycles. The zero-order valence-electron chi connectivity index (χ0n) is 9.60. The Kier molecular flexibility index (Phi) is 3.14. The van der Waals surface area contributed by atoms with Crippen LogP contribution in [0.3, 0.4) is 0 Å². The molecule has 1 aromatic heterocycles. The van der Waals surface area contributed by atoms with Crippen LogP contribution >= 0.6 is 0 Å². The topological polar surface area (TPSA) is 48.7 Å². The van der Waals surface area contributed by atoms with E-state index < -0.39 is 5.97 Å². The van der Waals surface area contributed by atoms with E-state index in [9.17, 15) is 4.79 Å². The van der Waals surface area contributed by atoms with E-state index in [1.165, 1.54) is 13.2 Å². The zero-order valence-corrected chi connectivity index (χ0v) is 9.60. The molecule has 0 amide bonds. The molecule has 0 aliphatic carbocycles. The van der Waals surface area contributed by atoms with E-state index in [0.717, 1.165) is 5.56 Å². The first-order chi connectivity index (χ1) is 8.19. The quantitative estimate of drug-likeness (QED) is 0.762. The average molecular weight is 232 g/mol. The molecule has 0 fully saturated rings. The molecule has 0 spiro atoms. The van der Waals surface area contributed by atoms with Crippen molar-refractivity contribution in [3.63, 3.8) is 0 Å². The molecular weight excluding hydrogens is 220 g/mol. The third-order valence-electron chi connectivity index (χ3n) is 2.21. The summed E-state index contributed by atoms with van der Waals surface area (Å²) in [5, 5.41) is 0. The molecule has 0 saturated carbocycles. The van der Waals surface area contributed by atoms with E-state index in [0.29, 0.717) is 5.75 Å². The van der Waals surface area contributed by atoms with Crippen LogP contribution in [-0.2, 0) is 4.74 Å². The maximum Gasteiger partial charge on any atom is 0.374 e. The summed E-state index contributed by atoms with van der Waals surface area (Å²) >= 11 is 0. The van der Waals surface area contributed by atoms with Crippen molar-refractivity contribution in [2.75, 3.05) is 7.11 Å². The molecule has 0 saturated heterocycles. The van der Waals surface area contributed by atoms with Gasteiger partial charge in [0.2, 0.25) is 5.76 Å². The number of methoxy groups -OCH3 is 1. The number of carbonyl (C=O) groups is 1. The number of ether oxygens (including phenoxy) is 2. The highest BCUT2D eigenvalue weighted by Gasteiger charge is 2.11. The second-order valence-electron chi connectivity index (χ2n) is 3.53. The highest BCUT2D eigenvalue weighted by atomic mass is 16.6. The Balaban J connectivity index is 2.11. The Bertz CT molecular complexity index is 510. The van der Waals surface area contributed by atoms with Gasteiger partial charge in [-0.2, -0.15) is 0 Å². The Hall–Kier alpha value is -2.23. The van der Waals surface area contributed by atoms with Crippen molar-refractivity contribution in [2.24, 2.45) is 0 Å².